The SMILES string of the molecule is C=CC(=O)Nc1ccc(OC)c(Nc2ncc(Cl)c(-c3cnc4ccccn34)n2)c1. The molecule has 3 heterocycles. The fourth-order valence-corrected chi connectivity index (χ4v) is 3.10. The first-order valence-electron chi connectivity index (χ1n) is 8.92. The van der Waals surface area contributed by atoms with Crippen LogP contribution in [0.4, 0.5) is 17.3 Å². The Bertz CT molecular complexity index is 1250. The van der Waals surface area contributed by atoms with Gasteiger partial charge in [-0.05, 0) is 36.4 Å². The van der Waals surface area contributed by atoms with Gasteiger partial charge in [-0.15, -0.1) is 0 Å². The molecule has 0 saturated heterocycles. The standard InChI is InChI=1S/C21H17ClN6O2/c1-3-19(29)25-13-7-8-17(30-2)15(10-13)26-21-24-11-14(22)20(27-21)16-12-23-18-6-4-5-9-28(16)18/h3-12H,1H2,2H3,(H,25,29)(H,24,26,27). The number of halogens is 1. The number of anilines is 3. The van der Waals surface area contributed by atoms with Gasteiger partial charge < -0.3 is 15.4 Å². The van der Waals surface area contributed by atoms with Gasteiger partial charge in [0.15, 0.2) is 0 Å². The second-order valence-corrected chi connectivity index (χ2v) is 6.60. The average Bonchev–Trinajstić information content (AvgIpc) is 3.19. The van der Waals surface area contributed by atoms with Crippen LogP contribution in [0.5, 0.6) is 5.75 Å². The molecular formula is C21H17ClN6O2. The third kappa shape index (κ3) is 3.81. The lowest BCUT2D eigenvalue weighted by molar-refractivity contribution is -0.111. The molecule has 8 nitrogen and oxygen atoms in total. The number of benzene rings is 1. The van der Waals surface area contributed by atoms with Gasteiger partial charge in [-0.1, -0.05) is 24.2 Å². The predicted octanol–water partition coefficient (Wildman–Crippen LogP) is 4.32. The van der Waals surface area contributed by atoms with Gasteiger partial charge >= 0.3 is 0 Å². The molecule has 0 saturated carbocycles. The van der Waals surface area contributed by atoms with Gasteiger partial charge in [0.25, 0.3) is 0 Å². The highest BCUT2D eigenvalue weighted by Gasteiger charge is 2.14. The molecule has 9 heteroatoms. The van der Waals surface area contributed by atoms with Crippen molar-refractivity contribution in [3.8, 4) is 17.1 Å². The Morgan fingerprint density at radius 1 is 1.23 bits per heavy atom. The smallest absolute Gasteiger partial charge is 0.247 e. The van der Waals surface area contributed by atoms with E-state index in [1.165, 1.54) is 12.3 Å². The molecule has 0 aliphatic heterocycles. The summed E-state index contributed by atoms with van der Waals surface area (Å²) >= 11 is 6.37. The number of ether oxygens (including phenoxy) is 1. The second kappa shape index (κ2) is 8.22. The van der Waals surface area contributed by atoms with Crippen molar-refractivity contribution in [1.82, 2.24) is 19.4 Å². The van der Waals surface area contributed by atoms with Gasteiger partial charge in [0.2, 0.25) is 11.9 Å². The normalized spacial score (nSPS) is 10.6. The van der Waals surface area contributed by atoms with Crippen LogP contribution in [0.2, 0.25) is 5.02 Å². The molecule has 30 heavy (non-hydrogen) atoms. The van der Waals surface area contributed by atoms with Crippen LogP contribution in [0.15, 0.2) is 67.6 Å². The van der Waals surface area contributed by atoms with Crippen LogP contribution < -0.4 is 15.4 Å². The maximum absolute atomic E-state index is 11.6. The lowest BCUT2D eigenvalue weighted by atomic mass is 10.2. The van der Waals surface area contributed by atoms with Gasteiger partial charge in [0, 0.05) is 11.9 Å². The summed E-state index contributed by atoms with van der Waals surface area (Å²) in [6.45, 7) is 3.45. The van der Waals surface area contributed by atoms with E-state index in [1.807, 2.05) is 28.8 Å². The molecule has 3 aromatic heterocycles. The van der Waals surface area contributed by atoms with Gasteiger partial charge in [-0.2, -0.15) is 0 Å². The summed E-state index contributed by atoms with van der Waals surface area (Å²) in [4.78, 5) is 24.8. The summed E-state index contributed by atoms with van der Waals surface area (Å²) in [6.07, 6.45) is 6.31. The van der Waals surface area contributed by atoms with Gasteiger partial charge in [-0.3, -0.25) is 9.20 Å². The molecule has 1 aromatic carbocycles. The van der Waals surface area contributed by atoms with E-state index in [-0.39, 0.29) is 5.91 Å². The zero-order chi connectivity index (χ0) is 21.1. The second-order valence-electron chi connectivity index (χ2n) is 6.20. The van der Waals surface area contributed by atoms with Crippen molar-refractivity contribution >= 4 is 40.5 Å². The topological polar surface area (TPSA) is 93.4 Å². The Hall–Kier alpha value is -3.91. The number of carbonyl (C=O) groups excluding carboxylic acids is 1. The minimum absolute atomic E-state index is 0.311. The minimum atomic E-state index is -0.316. The molecule has 0 aliphatic carbocycles. The highest BCUT2D eigenvalue weighted by molar-refractivity contribution is 6.32. The van der Waals surface area contributed by atoms with Crippen molar-refractivity contribution in [3.05, 3.63) is 72.7 Å². The number of amides is 1. The number of hydrogen-bond acceptors (Lipinski definition) is 6. The van der Waals surface area contributed by atoms with Crippen molar-refractivity contribution < 1.29 is 9.53 Å². The van der Waals surface area contributed by atoms with E-state index in [4.69, 9.17) is 16.3 Å². The number of pyridine rings is 1. The van der Waals surface area contributed by atoms with E-state index in [2.05, 4.69) is 32.2 Å². The third-order valence-corrected chi connectivity index (χ3v) is 4.58. The Labute approximate surface area is 177 Å². The lowest BCUT2D eigenvalue weighted by Gasteiger charge is -2.13. The molecule has 2 N–H and O–H groups in total. The maximum Gasteiger partial charge on any atom is 0.247 e. The van der Waals surface area contributed by atoms with E-state index in [1.54, 1.807) is 31.5 Å². The van der Waals surface area contributed by atoms with E-state index in [0.717, 1.165) is 11.3 Å². The van der Waals surface area contributed by atoms with Crippen molar-refractivity contribution in [3.63, 3.8) is 0 Å². The van der Waals surface area contributed by atoms with Gasteiger partial charge in [0.05, 0.1) is 35.9 Å². The summed E-state index contributed by atoms with van der Waals surface area (Å²) < 4.78 is 7.29. The van der Waals surface area contributed by atoms with E-state index >= 15 is 0 Å². The monoisotopic (exact) mass is 420 g/mol. The van der Waals surface area contributed by atoms with Gasteiger partial charge in [-0.25, -0.2) is 15.0 Å². The zero-order valence-corrected chi connectivity index (χ0v) is 16.7. The minimum Gasteiger partial charge on any atom is -0.495 e. The van der Waals surface area contributed by atoms with Crippen LogP contribution in [0, 0.1) is 0 Å². The number of nitrogens with zero attached hydrogens (tertiary/aromatic N) is 4. The van der Waals surface area contributed by atoms with E-state index in [9.17, 15) is 4.79 Å². The first kappa shape index (κ1) is 19.4. The Morgan fingerprint density at radius 2 is 2.10 bits per heavy atom. The molecule has 4 aromatic rings. The van der Waals surface area contributed by atoms with Gasteiger partial charge in [0.1, 0.15) is 17.1 Å². The first-order chi connectivity index (χ1) is 14.6. The summed E-state index contributed by atoms with van der Waals surface area (Å²) in [5, 5.41) is 6.22. The number of rotatable bonds is 6. The quantitative estimate of drug-likeness (QED) is 0.451. The summed E-state index contributed by atoms with van der Waals surface area (Å²) in [5.74, 6) is 0.552. The summed E-state index contributed by atoms with van der Waals surface area (Å²) in [6, 6.07) is 10.9. The molecule has 4 rings (SSSR count). The highest BCUT2D eigenvalue weighted by Crippen LogP contribution is 2.32. The maximum atomic E-state index is 11.6. The molecule has 0 atom stereocenters. The van der Waals surface area contributed by atoms with Crippen LogP contribution in [0.1, 0.15) is 0 Å². The summed E-state index contributed by atoms with van der Waals surface area (Å²) in [7, 11) is 1.55. The third-order valence-electron chi connectivity index (χ3n) is 4.30. The van der Waals surface area contributed by atoms with Crippen LogP contribution in [0.3, 0.4) is 0 Å². The Morgan fingerprint density at radius 3 is 2.90 bits per heavy atom. The van der Waals surface area contributed by atoms with Crippen LogP contribution >= 0.6 is 11.6 Å². The molecule has 0 aliphatic rings. The number of methoxy groups -OCH3 is 1. The molecule has 0 fully saturated rings. The van der Waals surface area contributed by atoms with Crippen molar-refractivity contribution in [2.75, 3.05) is 17.7 Å². The largest absolute Gasteiger partial charge is 0.495 e. The number of hydrogen-bond donors (Lipinski definition) is 2. The van der Waals surface area contributed by atoms with Crippen molar-refractivity contribution in [1.29, 1.82) is 0 Å². The highest BCUT2D eigenvalue weighted by atomic mass is 35.5. The predicted molar refractivity (Wildman–Crippen MR) is 116 cm³/mol. The average molecular weight is 421 g/mol. The number of fused-ring (bicyclic) bond motifs is 1. The number of nitrogens with one attached hydrogen (secondary N) is 2. The van der Waals surface area contributed by atoms with Crippen molar-refractivity contribution in [2.24, 2.45) is 0 Å². The Kier molecular flexibility index (Phi) is 5.32. The Balaban J connectivity index is 1.71. The van der Waals surface area contributed by atoms with Crippen LogP contribution in [-0.2, 0) is 4.79 Å². The molecule has 0 radical (unpaired) electrons. The van der Waals surface area contributed by atoms with Crippen LogP contribution in [-0.4, -0.2) is 32.4 Å². The fraction of sp³-hybridized carbons (Fsp3) is 0.0476. The van der Waals surface area contributed by atoms with Crippen molar-refractivity contribution in [2.45, 2.75) is 0 Å². The molecule has 0 bridgehead atoms. The number of carbonyl (C=O) groups is 1. The lowest BCUT2D eigenvalue weighted by Crippen LogP contribution is -2.08. The zero-order valence-electron chi connectivity index (χ0n) is 16.0. The molecular weight excluding hydrogens is 404 g/mol. The summed E-state index contributed by atoms with van der Waals surface area (Å²) in [5.41, 5.74) is 3.19. The van der Waals surface area contributed by atoms with E-state index in [0.29, 0.717) is 33.8 Å². The fourth-order valence-electron chi connectivity index (χ4n) is 2.91. The molecule has 1 amide bonds. The number of aromatic nitrogens is 4. The van der Waals surface area contributed by atoms with Crippen LogP contribution in [0.25, 0.3) is 17.0 Å². The van der Waals surface area contributed by atoms with E-state index < -0.39 is 0 Å². The molecule has 0 unspecified atom stereocenters. The molecule has 0 spiro atoms. The number of imidazole rings is 1. The first-order valence-corrected chi connectivity index (χ1v) is 9.30. The molecule has 150 valence electrons.